The standard InChI is InChI=1S/C45H29N3/c1-3-11-31(12-4-1)43-36-15-7-8-16-39(36)46-44(43)33-25-21-29-19-23-32-24-20-30-22-26-34(28-38(30)42(32)37(29)27-33)45-47-40-17-9-10-18-41(40)48(45)35-13-5-2-6-14-35/h1-28,43H. The smallest absolute Gasteiger partial charge is 0.145 e. The van der Waals surface area contributed by atoms with Crippen LogP contribution in [0.3, 0.4) is 0 Å². The Morgan fingerprint density at radius 2 is 1.10 bits per heavy atom. The van der Waals surface area contributed by atoms with Crippen molar-refractivity contribution < 1.29 is 0 Å². The zero-order valence-corrected chi connectivity index (χ0v) is 26.1. The van der Waals surface area contributed by atoms with Gasteiger partial charge in [0.15, 0.2) is 0 Å². The van der Waals surface area contributed by atoms with E-state index in [0.717, 1.165) is 45.1 Å². The molecule has 0 spiro atoms. The fourth-order valence-electron chi connectivity index (χ4n) is 7.62. The fraction of sp³-hybridized carbons (Fsp3) is 0.0222. The number of benzene rings is 8. The van der Waals surface area contributed by atoms with Crippen LogP contribution in [0.25, 0.3) is 60.4 Å². The Kier molecular flexibility index (Phi) is 5.94. The Hall–Kier alpha value is -6.32. The van der Waals surface area contributed by atoms with Gasteiger partial charge in [-0.05, 0) is 91.5 Å². The topological polar surface area (TPSA) is 30.2 Å². The van der Waals surface area contributed by atoms with E-state index in [0.29, 0.717) is 0 Å². The van der Waals surface area contributed by atoms with Crippen LogP contribution in [0, 0.1) is 0 Å². The van der Waals surface area contributed by atoms with E-state index in [-0.39, 0.29) is 5.92 Å². The lowest BCUT2D eigenvalue weighted by Crippen LogP contribution is -2.11. The molecule has 1 unspecified atom stereocenters. The van der Waals surface area contributed by atoms with Gasteiger partial charge in [-0.1, -0.05) is 127 Å². The number of rotatable bonds is 4. The Balaban J connectivity index is 1.20. The molecule has 0 saturated carbocycles. The number of nitrogens with zero attached hydrogens (tertiary/aromatic N) is 3. The van der Waals surface area contributed by atoms with Crippen molar-refractivity contribution >= 4 is 54.7 Å². The molecule has 0 fully saturated rings. The van der Waals surface area contributed by atoms with Gasteiger partial charge in [0.2, 0.25) is 0 Å². The summed E-state index contributed by atoms with van der Waals surface area (Å²) in [5, 5.41) is 7.35. The second-order valence-electron chi connectivity index (χ2n) is 12.6. The highest BCUT2D eigenvalue weighted by atomic mass is 15.1. The number of aliphatic imine (C=N–C) groups is 1. The summed E-state index contributed by atoms with van der Waals surface area (Å²) in [6.07, 6.45) is 0. The van der Waals surface area contributed by atoms with Crippen LogP contribution in [-0.4, -0.2) is 15.3 Å². The maximum absolute atomic E-state index is 5.25. The van der Waals surface area contributed by atoms with Crippen LogP contribution in [0.15, 0.2) is 175 Å². The molecule has 0 radical (unpaired) electrons. The second-order valence-corrected chi connectivity index (χ2v) is 12.6. The first-order valence-electron chi connectivity index (χ1n) is 16.5. The van der Waals surface area contributed by atoms with Gasteiger partial charge in [0.05, 0.1) is 28.4 Å². The van der Waals surface area contributed by atoms with Crippen LogP contribution in [0.2, 0.25) is 0 Å². The van der Waals surface area contributed by atoms with E-state index < -0.39 is 0 Å². The Morgan fingerprint density at radius 3 is 1.90 bits per heavy atom. The maximum atomic E-state index is 5.25. The van der Waals surface area contributed by atoms with Gasteiger partial charge in [-0.25, -0.2) is 4.98 Å². The average Bonchev–Trinajstić information content (AvgIpc) is 3.74. The number of aromatic nitrogens is 2. The second kappa shape index (κ2) is 10.6. The molecule has 0 saturated heterocycles. The fourth-order valence-corrected chi connectivity index (χ4v) is 7.62. The van der Waals surface area contributed by atoms with Gasteiger partial charge in [0.1, 0.15) is 5.82 Å². The minimum Gasteiger partial charge on any atom is -0.292 e. The highest BCUT2D eigenvalue weighted by molar-refractivity contribution is 6.22. The number of hydrogen-bond donors (Lipinski definition) is 0. The van der Waals surface area contributed by atoms with Gasteiger partial charge in [0, 0.05) is 11.3 Å². The Morgan fingerprint density at radius 1 is 0.500 bits per heavy atom. The highest BCUT2D eigenvalue weighted by Crippen LogP contribution is 2.43. The van der Waals surface area contributed by atoms with Crippen LogP contribution in [0.1, 0.15) is 22.6 Å². The SMILES string of the molecule is c1ccc(C2C(c3ccc4ccc5ccc6ccc(-c7nc8ccccc8n7-c7ccccc7)cc6c5c4c3)=Nc3ccccc32)cc1. The van der Waals surface area contributed by atoms with Gasteiger partial charge < -0.3 is 0 Å². The summed E-state index contributed by atoms with van der Waals surface area (Å²) < 4.78 is 2.28. The van der Waals surface area contributed by atoms with E-state index >= 15 is 0 Å². The lowest BCUT2D eigenvalue weighted by molar-refractivity contribution is 1.10. The summed E-state index contributed by atoms with van der Waals surface area (Å²) in [7, 11) is 0. The molecule has 1 aromatic heterocycles. The summed E-state index contributed by atoms with van der Waals surface area (Å²) in [5.74, 6) is 1.02. The van der Waals surface area contributed by atoms with Gasteiger partial charge in [-0.2, -0.15) is 0 Å². The van der Waals surface area contributed by atoms with E-state index in [1.165, 1.54) is 43.4 Å². The van der Waals surface area contributed by atoms with Crippen molar-refractivity contribution in [2.45, 2.75) is 5.92 Å². The van der Waals surface area contributed by atoms with Crippen LogP contribution >= 0.6 is 0 Å². The monoisotopic (exact) mass is 611 g/mol. The third-order valence-corrected chi connectivity index (χ3v) is 9.84. The van der Waals surface area contributed by atoms with Gasteiger partial charge >= 0.3 is 0 Å². The molecule has 8 aromatic carbocycles. The van der Waals surface area contributed by atoms with E-state index in [1.54, 1.807) is 0 Å². The Bertz CT molecular complexity index is 2720. The van der Waals surface area contributed by atoms with E-state index in [4.69, 9.17) is 9.98 Å². The van der Waals surface area contributed by atoms with Crippen LogP contribution in [-0.2, 0) is 0 Å². The molecule has 0 aliphatic carbocycles. The molecular weight excluding hydrogens is 583 g/mol. The van der Waals surface area contributed by atoms with Crippen molar-refractivity contribution in [1.82, 2.24) is 9.55 Å². The van der Waals surface area contributed by atoms with Crippen molar-refractivity contribution in [3.8, 4) is 17.1 Å². The predicted octanol–water partition coefficient (Wildman–Crippen LogP) is 11.4. The van der Waals surface area contributed by atoms with Crippen molar-refractivity contribution in [3.05, 3.63) is 187 Å². The van der Waals surface area contributed by atoms with Crippen LogP contribution < -0.4 is 0 Å². The first-order valence-corrected chi connectivity index (χ1v) is 16.5. The number of imidazole rings is 1. The van der Waals surface area contributed by atoms with Crippen LogP contribution in [0.4, 0.5) is 5.69 Å². The molecule has 224 valence electrons. The number of hydrogen-bond acceptors (Lipinski definition) is 2. The third kappa shape index (κ3) is 4.14. The Labute approximate surface area is 278 Å². The molecular formula is C45H29N3. The first kappa shape index (κ1) is 26.9. The van der Waals surface area contributed by atoms with Gasteiger partial charge in [-0.3, -0.25) is 9.56 Å². The summed E-state index contributed by atoms with van der Waals surface area (Å²) in [6.45, 7) is 0. The molecule has 0 bridgehead atoms. The van der Waals surface area contributed by atoms with E-state index in [1.807, 2.05) is 0 Å². The lowest BCUT2D eigenvalue weighted by Gasteiger charge is -2.17. The van der Waals surface area contributed by atoms with Gasteiger partial charge in [-0.15, -0.1) is 0 Å². The lowest BCUT2D eigenvalue weighted by atomic mass is 9.85. The number of fused-ring (bicyclic) bond motifs is 7. The van der Waals surface area contributed by atoms with E-state index in [9.17, 15) is 0 Å². The van der Waals surface area contributed by atoms with Crippen molar-refractivity contribution in [3.63, 3.8) is 0 Å². The molecule has 1 atom stereocenters. The van der Waals surface area contributed by atoms with Crippen molar-refractivity contribution in [2.75, 3.05) is 0 Å². The molecule has 1 aliphatic heterocycles. The predicted molar refractivity (Wildman–Crippen MR) is 200 cm³/mol. The molecule has 48 heavy (non-hydrogen) atoms. The molecule has 1 aliphatic rings. The summed E-state index contributed by atoms with van der Waals surface area (Å²) in [4.78, 5) is 10.4. The zero-order chi connectivity index (χ0) is 31.6. The van der Waals surface area contributed by atoms with E-state index in [2.05, 4.69) is 174 Å². The average molecular weight is 612 g/mol. The minimum atomic E-state index is 0.0872. The summed E-state index contributed by atoms with van der Waals surface area (Å²) in [6, 6.07) is 60.9. The highest BCUT2D eigenvalue weighted by Gasteiger charge is 2.29. The van der Waals surface area contributed by atoms with Crippen molar-refractivity contribution in [2.24, 2.45) is 4.99 Å². The van der Waals surface area contributed by atoms with Crippen LogP contribution in [0.5, 0.6) is 0 Å². The molecule has 3 heteroatoms. The molecule has 2 heterocycles. The first-order chi connectivity index (χ1) is 23.8. The minimum absolute atomic E-state index is 0.0872. The quantitative estimate of drug-likeness (QED) is 0.182. The molecule has 0 amide bonds. The molecule has 10 rings (SSSR count). The summed E-state index contributed by atoms with van der Waals surface area (Å²) in [5.41, 5.74) is 10.1. The molecule has 9 aromatic rings. The normalized spacial score (nSPS) is 14.2. The molecule has 3 nitrogen and oxygen atoms in total. The number of para-hydroxylation sites is 4. The maximum Gasteiger partial charge on any atom is 0.145 e. The third-order valence-electron chi connectivity index (χ3n) is 9.84. The molecule has 0 N–H and O–H groups in total. The van der Waals surface area contributed by atoms with Gasteiger partial charge in [0.25, 0.3) is 0 Å². The largest absolute Gasteiger partial charge is 0.292 e. The van der Waals surface area contributed by atoms with Crippen molar-refractivity contribution in [1.29, 1.82) is 0 Å². The summed E-state index contributed by atoms with van der Waals surface area (Å²) >= 11 is 0. The zero-order valence-electron chi connectivity index (χ0n) is 26.1.